The Kier molecular flexibility index (Phi) is 6.83. The molecular formula is C21H25FN4O4. The first-order valence-corrected chi connectivity index (χ1v) is 9.58. The second kappa shape index (κ2) is 9.53. The molecule has 2 atom stereocenters. The van der Waals surface area contributed by atoms with Gasteiger partial charge in [0.1, 0.15) is 17.7 Å². The molecule has 1 aliphatic rings. The summed E-state index contributed by atoms with van der Waals surface area (Å²) in [6.45, 7) is 4.14. The summed E-state index contributed by atoms with van der Waals surface area (Å²) < 4.78 is 25.1. The van der Waals surface area contributed by atoms with Gasteiger partial charge in [0.15, 0.2) is 0 Å². The van der Waals surface area contributed by atoms with E-state index in [9.17, 15) is 14.0 Å². The average Bonchev–Trinajstić information content (AvgIpc) is 3.06. The lowest BCUT2D eigenvalue weighted by atomic mass is 10.2. The van der Waals surface area contributed by atoms with Gasteiger partial charge in [-0.1, -0.05) is 0 Å². The SMILES string of the molecule is COC[C@@H]1CC(Oc2cc(F)cc(NC(=O)Nc3ccc(C)nc3)c2)CN1C(C)=O. The van der Waals surface area contributed by atoms with Crippen LogP contribution >= 0.6 is 0 Å². The molecule has 30 heavy (non-hydrogen) atoms. The maximum atomic E-state index is 14.1. The van der Waals surface area contributed by atoms with Crippen LogP contribution in [0.3, 0.4) is 0 Å². The number of carbonyl (C=O) groups is 2. The lowest BCUT2D eigenvalue weighted by molar-refractivity contribution is -0.130. The van der Waals surface area contributed by atoms with Crippen molar-refractivity contribution in [2.45, 2.75) is 32.4 Å². The van der Waals surface area contributed by atoms with Gasteiger partial charge in [-0.2, -0.15) is 0 Å². The van der Waals surface area contributed by atoms with E-state index in [1.54, 1.807) is 24.1 Å². The summed E-state index contributed by atoms with van der Waals surface area (Å²) in [5, 5.41) is 5.22. The zero-order valence-corrected chi connectivity index (χ0v) is 17.1. The maximum absolute atomic E-state index is 14.1. The van der Waals surface area contributed by atoms with E-state index in [0.717, 1.165) is 5.69 Å². The van der Waals surface area contributed by atoms with Gasteiger partial charge in [0, 0.05) is 44.0 Å². The largest absolute Gasteiger partial charge is 0.488 e. The Morgan fingerprint density at radius 1 is 1.23 bits per heavy atom. The second-order valence-corrected chi connectivity index (χ2v) is 7.20. The van der Waals surface area contributed by atoms with Crippen molar-refractivity contribution in [2.24, 2.45) is 0 Å². The number of pyridine rings is 1. The normalized spacial score (nSPS) is 18.2. The third kappa shape index (κ3) is 5.66. The quantitative estimate of drug-likeness (QED) is 0.755. The lowest BCUT2D eigenvalue weighted by Gasteiger charge is -2.21. The Morgan fingerprint density at radius 3 is 2.67 bits per heavy atom. The van der Waals surface area contributed by atoms with Crippen LogP contribution < -0.4 is 15.4 Å². The highest BCUT2D eigenvalue weighted by atomic mass is 19.1. The van der Waals surface area contributed by atoms with Crippen LogP contribution in [0.25, 0.3) is 0 Å². The van der Waals surface area contributed by atoms with Gasteiger partial charge in [-0.3, -0.25) is 9.78 Å². The molecule has 1 aromatic carbocycles. The first-order valence-electron chi connectivity index (χ1n) is 9.58. The smallest absolute Gasteiger partial charge is 0.323 e. The number of amides is 3. The number of carbonyl (C=O) groups excluding carboxylic acids is 2. The van der Waals surface area contributed by atoms with Crippen molar-refractivity contribution in [1.82, 2.24) is 9.88 Å². The Balaban J connectivity index is 1.64. The first kappa shape index (κ1) is 21.5. The summed E-state index contributed by atoms with van der Waals surface area (Å²) in [5.41, 5.74) is 1.60. The Morgan fingerprint density at radius 2 is 2.00 bits per heavy atom. The second-order valence-electron chi connectivity index (χ2n) is 7.20. The van der Waals surface area contributed by atoms with Crippen molar-refractivity contribution < 1.29 is 23.5 Å². The molecule has 160 valence electrons. The molecule has 0 spiro atoms. The predicted molar refractivity (Wildman–Crippen MR) is 110 cm³/mol. The fourth-order valence-electron chi connectivity index (χ4n) is 3.43. The topological polar surface area (TPSA) is 92.8 Å². The number of urea groups is 1. The van der Waals surface area contributed by atoms with E-state index < -0.39 is 11.8 Å². The molecule has 1 unspecified atom stereocenters. The molecule has 2 N–H and O–H groups in total. The fourth-order valence-corrected chi connectivity index (χ4v) is 3.43. The number of aromatic nitrogens is 1. The molecule has 3 rings (SSSR count). The molecule has 1 aliphatic heterocycles. The van der Waals surface area contributed by atoms with Crippen molar-refractivity contribution in [1.29, 1.82) is 0 Å². The van der Waals surface area contributed by atoms with Crippen molar-refractivity contribution in [2.75, 3.05) is 30.9 Å². The van der Waals surface area contributed by atoms with Gasteiger partial charge in [-0.05, 0) is 25.1 Å². The highest BCUT2D eigenvalue weighted by Gasteiger charge is 2.35. The lowest BCUT2D eigenvalue weighted by Crippen LogP contribution is -2.36. The van der Waals surface area contributed by atoms with Crippen LogP contribution in [0.5, 0.6) is 5.75 Å². The number of halogens is 1. The molecule has 0 aliphatic carbocycles. The van der Waals surface area contributed by atoms with Crippen LogP contribution in [0.15, 0.2) is 36.5 Å². The van der Waals surface area contributed by atoms with Crippen molar-refractivity contribution in [3.63, 3.8) is 0 Å². The standard InChI is InChI=1S/C21H25FN4O4/c1-13-4-5-16(10-23-13)24-21(28)25-17-6-15(22)7-19(8-17)30-20-9-18(12-29-3)26(11-20)14(2)27/h4-8,10,18,20H,9,11-12H2,1-3H3,(H2,24,25,28)/t18-,20?/m0/s1. The fraction of sp³-hybridized carbons (Fsp3) is 0.381. The van der Waals surface area contributed by atoms with E-state index in [-0.39, 0.29) is 29.5 Å². The summed E-state index contributed by atoms with van der Waals surface area (Å²) in [6.07, 6.45) is 1.82. The third-order valence-electron chi connectivity index (χ3n) is 4.74. The summed E-state index contributed by atoms with van der Waals surface area (Å²) in [7, 11) is 1.58. The summed E-state index contributed by atoms with van der Waals surface area (Å²) in [4.78, 5) is 29.8. The monoisotopic (exact) mass is 416 g/mol. The van der Waals surface area contributed by atoms with Crippen LogP contribution in [-0.4, -0.2) is 54.2 Å². The highest BCUT2D eigenvalue weighted by Crippen LogP contribution is 2.26. The summed E-state index contributed by atoms with van der Waals surface area (Å²) in [6, 6.07) is 6.86. The number of aryl methyl sites for hydroxylation is 1. The molecular weight excluding hydrogens is 391 g/mol. The molecule has 0 saturated carbocycles. The number of nitrogens with zero attached hydrogens (tertiary/aromatic N) is 2. The number of ether oxygens (including phenoxy) is 2. The molecule has 9 heteroatoms. The van der Waals surface area contributed by atoms with E-state index in [1.807, 2.05) is 6.92 Å². The minimum Gasteiger partial charge on any atom is -0.488 e. The third-order valence-corrected chi connectivity index (χ3v) is 4.74. The molecule has 1 fully saturated rings. The Hall–Kier alpha value is -3.20. The van der Waals surface area contributed by atoms with Crippen LogP contribution in [0, 0.1) is 12.7 Å². The van der Waals surface area contributed by atoms with Crippen molar-refractivity contribution >= 4 is 23.3 Å². The molecule has 3 amide bonds. The highest BCUT2D eigenvalue weighted by molar-refractivity contribution is 5.99. The number of benzene rings is 1. The maximum Gasteiger partial charge on any atom is 0.323 e. The zero-order valence-electron chi connectivity index (χ0n) is 17.1. The number of likely N-dealkylation sites (tertiary alicyclic amines) is 1. The number of anilines is 2. The van der Waals surface area contributed by atoms with E-state index in [2.05, 4.69) is 15.6 Å². The number of rotatable bonds is 6. The van der Waals surface area contributed by atoms with Gasteiger partial charge in [0.05, 0.1) is 31.1 Å². The Bertz CT molecular complexity index is 906. The Labute approximate surface area is 174 Å². The van der Waals surface area contributed by atoms with E-state index in [1.165, 1.54) is 31.3 Å². The molecule has 1 aromatic heterocycles. The van der Waals surface area contributed by atoms with Gasteiger partial charge in [0.2, 0.25) is 5.91 Å². The summed E-state index contributed by atoms with van der Waals surface area (Å²) in [5.74, 6) is -0.337. The number of hydrogen-bond acceptors (Lipinski definition) is 5. The summed E-state index contributed by atoms with van der Waals surface area (Å²) >= 11 is 0. The number of nitrogens with one attached hydrogen (secondary N) is 2. The van der Waals surface area contributed by atoms with Crippen LogP contribution in [-0.2, 0) is 9.53 Å². The van der Waals surface area contributed by atoms with Gasteiger partial charge >= 0.3 is 6.03 Å². The minimum atomic E-state index is -0.547. The van der Waals surface area contributed by atoms with E-state index >= 15 is 0 Å². The zero-order chi connectivity index (χ0) is 21.7. The molecule has 1 saturated heterocycles. The van der Waals surface area contributed by atoms with Crippen molar-refractivity contribution in [3.8, 4) is 5.75 Å². The van der Waals surface area contributed by atoms with Crippen LogP contribution in [0.2, 0.25) is 0 Å². The van der Waals surface area contributed by atoms with Crippen LogP contribution in [0.4, 0.5) is 20.6 Å². The molecule has 8 nitrogen and oxygen atoms in total. The van der Waals surface area contributed by atoms with Gasteiger partial charge in [-0.25, -0.2) is 9.18 Å². The molecule has 0 bridgehead atoms. The molecule has 0 radical (unpaired) electrons. The molecule has 2 aromatic rings. The van der Waals surface area contributed by atoms with Crippen molar-refractivity contribution in [3.05, 3.63) is 48.0 Å². The average molecular weight is 416 g/mol. The minimum absolute atomic E-state index is 0.0629. The van der Waals surface area contributed by atoms with E-state index in [4.69, 9.17) is 9.47 Å². The first-order chi connectivity index (χ1) is 14.3. The van der Waals surface area contributed by atoms with E-state index in [0.29, 0.717) is 25.3 Å². The number of hydrogen-bond donors (Lipinski definition) is 2. The van der Waals surface area contributed by atoms with Gasteiger partial charge in [0.25, 0.3) is 0 Å². The van der Waals surface area contributed by atoms with Gasteiger partial charge < -0.3 is 25.0 Å². The van der Waals surface area contributed by atoms with Gasteiger partial charge in [-0.15, -0.1) is 0 Å². The van der Waals surface area contributed by atoms with Crippen LogP contribution in [0.1, 0.15) is 19.0 Å². The predicted octanol–water partition coefficient (Wildman–Crippen LogP) is 3.19. The molecule has 2 heterocycles. The number of methoxy groups -OCH3 is 1.